The number of carbonyl (C=O) groups is 1. The molecule has 2 aromatic rings. The third-order valence-electron chi connectivity index (χ3n) is 7.04. The van der Waals surface area contributed by atoms with Crippen LogP contribution in [0.15, 0.2) is 48.0 Å². The Kier molecular flexibility index (Phi) is 8.39. The summed E-state index contributed by atoms with van der Waals surface area (Å²) in [5.41, 5.74) is 3.13. The van der Waals surface area contributed by atoms with Gasteiger partial charge in [0, 0.05) is 29.8 Å². The second-order valence-corrected chi connectivity index (χ2v) is 9.41. The van der Waals surface area contributed by atoms with Gasteiger partial charge < -0.3 is 14.8 Å². The number of likely N-dealkylation sites (tertiary alicyclic amines) is 1. The van der Waals surface area contributed by atoms with Crippen molar-refractivity contribution < 1.29 is 23.0 Å². The largest absolute Gasteiger partial charge is 0.493 e. The van der Waals surface area contributed by atoms with Crippen molar-refractivity contribution in [2.45, 2.75) is 64.1 Å². The van der Waals surface area contributed by atoms with E-state index >= 15 is 0 Å². The van der Waals surface area contributed by atoms with Crippen LogP contribution in [-0.2, 0) is 6.42 Å². The predicted molar refractivity (Wildman–Crippen MR) is 133 cm³/mol. The Morgan fingerprint density at radius 2 is 1.91 bits per heavy atom. The van der Waals surface area contributed by atoms with Crippen molar-refractivity contribution in [1.29, 1.82) is 0 Å². The molecule has 1 heterocycles. The van der Waals surface area contributed by atoms with Crippen LogP contribution in [0.1, 0.15) is 60.5 Å². The summed E-state index contributed by atoms with van der Waals surface area (Å²) in [4.78, 5) is 15.8. The van der Waals surface area contributed by atoms with Crippen molar-refractivity contribution in [2.24, 2.45) is 0 Å². The molecule has 0 radical (unpaired) electrons. The van der Waals surface area contributed by atoms with Gasteiger partial charge in [-0.1, -0.05) is 48.4 Å². The Balaban J connectivity index is 1.57. The van der Waals surface area contributed by atoms with Crippen LogP contribution in [0.25, 0.3) is 6.08 Å². The average molecular weight is 485 g/mol. The number of hydrogen-bond acceptors (Lipinski definition) is 4. The van der Waals surface area contributed by atoms with Gasteiger partial charge >= 0.3 is 6.61 Å². The van der Waals surface area contributed by atoms with Gasteiger partial charge in [0.05, 0.1) is 7.11 Å². The van der Waals surface area contributed by atoms with Crippen LogP contribution in [-0.4, -0.2) is 49.7 Å². The van der Waals surface area contributed by atoms with Crippen LogP contribution in [0.2, 0.25) is 0 Å². The maximum absolute atomic E-state index is 13.3. The molecule has 1 saturated heterocycles. The number of nitrogens with one attached hydrogen (secondary N) is 1. The number of carbonyl (C=O) groups excluding carboxylic acids is 1. The molecule has 1 atom stereocenters. The van der Waals surface area contributed by atoms with E-state index in [1.165, 1.54) is 32.4 Å². The Morgan fingerprint density at radius 1 is 1.14 bits per heavy atom. The van der Waals surface area contributed by atoms with Crippen molar-refractivity contribution in [3.05, 3.63) is 64.7 Å². The van der Waals surface area contributed by atoms with Gasteiger partial charge in [-0.25, -0.2) is 0 Å². The van der Waals surface area contributed by atoms with Crippen molar-refractivity contribution in [3.8, 4) is 11.5 Å². The summed E-state index contributed by atoms with van der Waals surface area (Å²) in [6.07, 6.45) is 8.34. The lowest BCUT2D eigenvalue weighted by Crippen LogP contribution is -2.44. The molecule has 1 aliphatic heterocycles. The number of methoxy groups -OCH3 is 1. The average Bonchev–Trinajstić information content (AvgIpc) is 3.24. The maximum atomic E-state index is 13.3. The smallest absolute Gasteiger partial charge is 0.387 e. The summed E-state index contributed by atoms with van der Waals surface area (Å²) in [6.45, 7) is 0.405. The summed E-state index contributed by atoms with van der Waals surface area (Å²) in [5.74, 6) is -0.0757. The quantitative estimate of drug-likeness (QED) is 0.471. The molecule has 35 heavy (non-hydrogen) atoms. The number of alkyl halides is 2. The van der Waals surface area contributed by atoms with Gasteiger partial charge in [0.15, 0.2) is 11.5 Å². The van der Waals surface area contributed by atoms with Crippen LogP contribution in [0.4, 0.5) is 8.78 Å². The van der Waals surface area contributed by atoms with E-state index < -0.39 is 6.61 Å². The van der Waals surface area contributed by atoms with Gasteiger partial charge in [-0.2, -0.15) is 8.78 Å². The number of ether oxygens (including phenoxy) is 2. The van der Waals surface area contributed by atoms with Crippen molar-refractivity contribution in [1.82, 2.24) is 10.2 Å². The third kappa shape index (κ3) is 6.20. The number of hydrogen-bond donors (Lipinski definition) is 1. The summed E-state index contributed by atoms with van der Waals surface area (Å²) < 4.78 is 36.4. The Hall–Kier alpha value is -2.93. The second kappa shape index (κ2) is 11.7. The van der Waals surface area contributed by atoms with E-state index in [9.17, 15) is 13.6 Å². The van der Waals surface area contributed by atoms with E-state index in [0.717, 1.165) is 30.5 Å². The van der Waals surface area contributed by atoms with E-state index in [4.69, 9.17) is 9.47 Å². The molecule has 2 aliphatic rings. The standard InChI is InChI=1S/C28H34F2N2O3/c1-19(16-20-8-4-3-5-9-20)18-31-27(33)23-13-14-25(35-28(29)30)26(34-2)24(23)17-22-12-7-15-32(22)21-10-6-11-21/h3-5,8-9,13-14,16,21-22,28H,6-7,10-12,15,17-18H2,1-2H3,(H,31,33)/t22-/m0/s1. The Bertz CT molecular complexity index is 1040. The minimum absolute atomic E-state index is 0.0394. The number of amides is 1. The zero-order chi connectivity index (χ0) is 24.8. The first-order valence-corrected chi connectivity index (χ1v) is 12.4. The molecule has 1 aliphatic carbocycles. The van der Waals surface area contributed by atoms with Crippen LogP contribution in [0, 0.1) is 0 Å². The van der Waals surface area contributed by atoms with Gasteiger partial charge in [0.25, 0.3) is 5.91 Å². The molecule has 0 spiro atoms. The van der Waals surface area contributed by atoms with E-state index in [0.29, 0.717) is 30.1 Å². The number of rotatable bonds is 10. The first-order valence-electron chi connectivity index (χ1n) is 12.4. The summed E-state index contributed by atoms with van der Waals surface area (Å²) >= 11 is 0. The third-order valence-corrected chi connectivity index (χ3v) is 7.04. The van der Waals surface area contributed by atoms with Crippen molar-refractivity contribution in [3.63, 3.8) is 0 Å². The molecule has 7 heteroatoms. The van der Waals surface area contributed by atoms with E-state index in [1.54, 1.807) is 6.07 Å². The van der Waals surface area contributed by atoms with Crippen LogP contribution in [0.5, 0.6) is 11.5 Å². The molecule has 2 fully saturated rings. The molecule has 1 saturated carbocycles. The van der Waals surface area contributed by atoms with E-state index in [2.05, 4.69) is 10.2 Å². The molecule has 1 amide bonds. The monoisotopic (exact) mass is 484 g/mol. The minimum Gasteiger partial charge on any atom is -0.493 e. The first-order chi connectivity index (χ1) is 17.0. The van der Waals surface area contributed by atoms with Gasteiger partial charge in [-0.05, 0) is 63.3 Å². The van der Waals surface area contributed by atoms with Gasteiger partial charge in [0.1, 0.15) is 0 Å². The molecule has 4 rings (SSSR count). The molecule has 188 valence electrons. The highest BCUT2D eigenvalue weighted by Gasteiger charge is 2.35. The summed E-state index contributed by atoms with van der Waals surface area (Å²) in [7, 11) is 1.43. The highest BCUT2D eigenvalue weighted by molar-refractivity contribution is 5.97. The van der Waals surface area contributed by atoms with Gasteiger partial charge in [0.2, 0.25) is 0 Å². The first kappa shape index (κ1) is 25.2. The molecular weight excluding hydrogens is 450 g/mol. The number of nitrogens with zero attached hydrogens (tertiary/aromatic N) is 1. The molecule has 0 bridgehead atoms. The number of halogens is 2. The van der Waals surface area contributed by atoms with Crippen LogP contribution >= 0.6 is 0 Å². The van der Waals surface area contributed by atoms with E-state index in [-0.39, 0.29) is 23.4 Å². The normalized spacial score (nSPS) is 19.0. The summed E-state index contributed by atoms with van der Waals surface area (Å²) in [6, 6.07) is 13.7. The summed E-state index contributed by atoms with van der Waals surface area (Å²) in [5, 5.41) is 2.99. The molecule has 0 aromatic heterocycles. The Labute approximate surface area is 206 Å². The topological polar surface area (TPSA) is 50.8 Å². The fourth-order valence-corrected chi connectivity index (χ4v) is 5.15. The van der Waals surface area contributed by atoms with Crippen molar-refractivity contribution in [2.75, 3.05) is 20.2 Å². The fraction of sp³-hybridized carbons (Fsp3) is 0.464. The lowest BCUT2D eigenvalue weighted by atomic mass is 9.89. The van der Waals surface area contributed by atoms with Crippen molar-refractivity contribution >= 4 is 12.0 Å². The zero-order valence-electron chi connectivity index (χ0n) is 20.4. The molecule has 0 unspecified atom stereocenters. The second-order valence-electron chi connectivity index (χ2n) is 9.41. The highest BCUT2D eigenvalue weighted by atomic mass is 19.3. The molecule has 1 N–H and O–H groups in total. The Morgan fingerprint density at radius 3 is 2.57 bits per heavy atom. The minimum atomic E-state index is -2.97. The highest BCUT2D eigenvalue weighted by Crippen LogP contribution is 2.39. The molecule has 5 nitrogen and oxygen atoms in total. The lowest BCUT2D eigenvalue weighted by molar-refractivity contribution is -0.0512. The lowest BCUT2D eigenvalue weighted by Gasteiger charge is -2.39. The maximum Gasteiger partial charge on any atom is 0.387 e. The van der Waals surface area contributed by atoms with Crippen LogP contribution < -0.4 is 14.8 Å². The number of benzene rings is 2. The van der Waals surface area contributed by atoms with E-state index in [1.807, 2.05) is 43.3 Å². The zero-order valence-corrected chi connectivity index (χ0v) is 20.4. The van der Waals surface area contributed by atoms with Gasteiger partial charge in [-0.15, -0.1) is 0 Å². The molecule has 2 aromatic carbocycles. The van der Waals surface area contributed by atoms with Gasteiger partial charge in [-0.3, -0.25) is 9.69 Å². The molecular formula is C28H34F2N2O3. The SMILES string of the molecule is COc1c(OC(F)F)ccc(C(=O)NCC(C)=Cc2ccccc2)c1C[C@@H]1CCCN1C1CCC1. The van der Waals surface area contributed by atoms with Crippen LogP contribution in [0.3, 0.4) is 0 Å². The fourth-order valence-electron chi connectivity index (χ4n) is 5.15. The predicted octanol–water partition coefficient (Wildman–Crippen LogP) is 5.69.